The van der Waals surface area contributed by atoms with Crippen LogP contribution in [0.25, 0.3) is 0 Å². The molecule has 0 atom stereocenters. The van der Waals surface area contributed by atoms with Crippen LogP contribution < -0.4 is 5.73 Å². The zero-order chi connectivity index (χ0) is 8.81. The van der Waals surface area contributed by atoms with Gasteiger partial charge in [-0.1, -0.05) is 5.92 Å². The Kier molecular flexibility index (Phi) is 3.24. The van der Waals surface area contributed by atoms with Gasteiger partial charge in [-0.05, 0) is 18.1 Å². The number of hydrogen-bond acceptors (Lipinski definition) is 2. The second-order valence-corrected chi connectivity index (χ2v) is 2.20. The lowest BCUT2D eigenvalue weighted by Gasteiger charge is -1.87. The van der Waals surface area contributed by atoms with Crippen LogP contribution in [0.1, 0.15) is 12.1 Å². The Hall–Kier alpha value is -1.40. The minimum atomic E-state index is -0.348. The predicted molar refractivity (Wildman–Crippen MR) is 44.7 cm³/mol. The van der Waals surface area contributed by atoms with E-state index in [-0.39, 0.29) is 5.82 Å². The first kappa shape index (κ1) is 8.69. The summed E-state index contributed by atoms with van der Waals surface area (Å²) in [6.45, 7) is 0.536. The summed E-state index contributed by atoms with van der Waals surface area (Å²) in [4.78, 5) is 3.76. The van der Waals surface area contributed by atoms with Crippen LogP contribution in [0.5, 0.6) is 0 Å². The highest BCUT2D eigenvalue weighted by Gasteiger charge is 1.88. The van der Waals surface area contributed by atoms with Crippen molar-refractivity contribution in [3.8, 4) is 11.8 Å². The summed E-state index contributed by atoms with van der Waals surface area (Å²) < 4.78 is 12.3. The van der Waals surface area contributed by atoms with Crippen LogP contribution in [0, 0.1) is 17.7 Å². The summed E-state index contributed by atoms with van der Waals surface area (Å²) in [6.07, 6.45) is 1.78. The fraction of sp³-hybridized carbons (Fsp3) is 0.222. The fourth-order valence-electron chi connectivity index (χ4n) is 0.675. The molecule has 0 saturated carbocycles. The van der Waals surface area contributed by atoms with Crippen LogP contribution in [0.2, 0.25) is 0 Å². The van der Waals surface area contributed by atoms with Crippen molar-refractivity contribution in [2.24, 2.45) is 5.73 Å². The molecule has 1 rings (SSSR count). The first-order valence-electron chi connectivity index (χ1n) is 3.63. The molecular weight excluding hydrogens is 155 g/mol. The van der Waals surface area contributed by atoms with Crippen molar-refractivity contribution in [1.82, 2.24) is 4.98 Å². The number of nitrogens with zero attached hydrogens (tertiary/aromatic N) is 1. The third-order valence-electron chi connectivity index (χ3n) is 1.21. The number of halogens is 1. The van der Waals surface area contributed by atoms with E-state index in [1.807, 2.05) is 0 Å². The summed E-state index contributed by atoms with van der Waals surface area (Å²) in [5.74, 6) is 5.23. The number of nitrogens with two attached hydrogens (primary N) is 1. The predicted octanol–water partition coefficient (Wildman–Crippen LogP) is 0.921. The van der Waals surface area contributed by atoms with E-state index in [2.05, 4.69) is 16.8 Å². The number of pyridine rings is 1. The van der Waals surface area contributed by atoms with Gasteiger partial charge in [0.05, 0.1) is 6.20 Å². The SMILES string of the molecule is NCCC#Cc1ccc(F)cn1. The molecule has 62 valence electrons. The average Bonchev–Trinajstić information content (AvgIpc) is 2.09. The molecule has 0 spiro atoms. The van der Waals surface area contributed by atoms with Crippen LogP contribution in [-0.2, 0) is 0 Å². The average molecular weight is 164 g/mol. The van der Waals surface area contributed by atoms with Crippen LogP contribution in [0.3, 0.4) is 0 Å². The smallest absolute Gasteiger partial charge is 0.141 e. The lowest BCUT2D eigenvalue weighted by Crippen LogP contribution is -1.95. The second-order valence-electron chi connectivity index (χ2n) is 2.20. The maximum absolute atomic E-state index is 12.3. The molecule has 0 amide bonds. The first-order chi connectivity index (χ1) is 5.83. The molecule has 0 aromatic carbocycles. The van der Waals surface area contributed by atoms with Crippen LogP contribution in [0.4, 0.5) is 4.39 Å². The zero-order valence-corrected chi connectivity index (χ0v) is 6.55. The molecule has 12 heavy (non-hydrogen) atoms. The van der Waals surface area contributed by atoms with E-state index in [0.29, 0.717) is 18.7 Å². The van der Waals surface area contributed by atoms with Crippen molar-refractivity contribution in [3.05, 3.63) is 29.8 Å². The highest BCUT2D eigenvalue weighted by molar-refractivity contribution is 5.26. The number of aromatic nitrogens is 1. The highest BCUT2D eigenvalue weighted by atomic mass is 19.1. The Morgan fingerprint density at radius 3 is 2.92 bits per heavy atom. The van der Waals surface area contributed by atoms with Gasteiger partial charge in [-0.3, -0.25) is 0 Å². The number of hydrogen-bond donors (Lipinski definition) is 1. The van der Waals surface area contributed by atoms with Gasteiger partial charge in [0.2, 0.25) is 0 Å². The summed E-state index contributed by atoms with van der Waals surface area (Å²) in [5, 5.41) is 0. The van der Waals surface area contributed by atoms with Gasteiger partial charge in [0.15, 0.2) is 0 Å². The maximum atomic E-state index is 12.3. The largest absolute Gasteiger partial charge is 0.330 e. The minimum absolute atomic E-state index is 0.348. The minimum Gasteiger partial charge on any atom is -0.330 e. The van der Waals surface area contributed by atoms with E-state index in [1.165, 1.54) is 6.07 Å². The monoisotopic (exact) mass is 164 g/mol. The van der Waals surface area contributed by atoms with Gasteiger partial charge in [0.25, 0.3) is 0 Å². The molecule has 1 heterocycles. The molecule has 3 heteroatoms. The standard InChI is InChI=1S/C9H9FN2/c10-8-4-5-9(12-7-8)3-1-2-6-11/h4-5,7H,2,6,11H2. The van der Waals surface area contributed by atoms with Crippen molar-refractivity contribution < 1.29 is 4.39 Å². The van der Waals surface area contributed by atoms with Crippen molar-refractivity contribution in [2.45, 2.75) is 6.42 Å². The molecule has 0 saturated heterocycles. The fourth-order valence-corrected chi connectivity index (χ4v) is 0.675. The molecule has 0 aliphatic rings. The molecule has 0 aliphatic heterocycles. The van der Waals surface area contributed by atoms with E-state index < -0.39 is 0 Å². The Morgan fingerprint density at radius 2 is 2.33 bits per heavy atom. The molecule has 0 aliphatic carbocycles. The summed E-state index contributed by atoms with van der Waals surface area (Å²) >= 11 is 0. The molecule has 0 radical (unpaired) electrons. The molecule has 1 aromatic rings. The lowest BCUT2D eigenvalue weighted by atomic mass is 10.3. The van der Waals surface area contributed by atoms with Gasteiger partial charge in [-0.25, -0.2) is 9.37 Å². The van der Waals surface area contributed by atoms with Crippen molar-refractivity contribution in [3.63, 3.8) is 0 Å². The van der Waals surface area contributed by atoms with E-state index in [9.17, 15) is 4.39 Å². The Bertz CT molecular complexity index is 295. The van der Waals surface area contributed by atoms with Gasteiger partial charge in [0, 0.05) is 13.0 Å². The van der Waals surface area contributed by atoms with E-state index in [1.54, 1.807) is 6.07 Å². The summed E-state index contributed by atoms with van der Waals surface area (Å²) in [5.41, 5.74) is 5.81. The molecule has 0 fully saturated rings. The molecule has 1 aromatic heterocycles. The normalized spacial score (nSPS) is 8.83. The molecular formula is C9H9FN2. The van der Waals surface area contributed by atoms with E-state index in [0.717, 1.165) is 6.20 Å². The Morgan fingerprint density at radius 1 is 1.50 bits per heavy atom. The van der Waals surface area contributed by atoms with Gasteiger partial charge in [-0.2, -0.15) is 0 Å². The van der Waals surface area contributed by atoms with Crippen LogP contribution in [0.15, 0.2) is 18.3 Å². The van der Waals surface area contributed by atoms with Crippen LogP contribution in [-0.4, -0.2) is 11.5 Å². The topological polar surface area (TPSA) is 38.9 Å². The summed E-state index contributed by atoms with van der Waals surface area (Å²) in [7, 11) is 0. The van der Waals surface area contributed by atoms with Crippen molar-refractivity contribution in [1.29, 1.82) is 0 Å². The molecule has 0 bridgehead atoms. The van der Waals surface area contributed by atoms with Gasteiger partial charge in [-0.15, -0.1) is 0 Å². The van der Waals surface area contributed by atoms with Gasteiger partial charge >= 0.3 is 0 Å². The number of rotatable bonds is 1. The van der Waals surface area contributed by atoms with Crippen molar-refractivity contribution in [2.75, 3.05) is 6.54 Å². The molecule has 2 N–H and O–H groups in total. The van der Waals surface area contributed by atoms with Gasteiger partial charge < -0.3 is 5.73 Å². The maximum Gasteiger partial charge on any atom is 0.141 e. The third kappa shape index (κ3) is 2.69. The van der Waals surface area contributed by atoms with Crippen molar-refractivity contribution >= 4 is 0 Å². The lowest BCUT2D eigenvalue weighted by molar-refractivity contribution is 0.621. The molecule has 2 nitrogen and oxygen atoms in total. The second kappa shape index (κ2) is 4.47. The Balaban J connectivity index is 2.66. The Labute approximate surface area is 70.6 Å². The van der Waals surface area contributed by atoms with E-state index >= 15 is 0 Å². The van der Waals surface area contributed by atoms with Gasteiger partial charge in [0.1, 0.15) is 11.5 Å². The quantitative estimate of drug-likeness (QED) is 0.627. The highest BCUT2D eigenvalue weighted by Crippen LogP contribution is 1.95. The first-order valence-corrected chi connectivity index (χ1v) is 3.63. The van der Waals surface area contributed by atoms with Crippen LogP contribution >= 0.6 is 0 Å². The van der Waals surface area contributed by atoms with E-state index in [4.69, 9.17) is 5.73 Å². The zero-order valence-electron chi connectivity index (χ0n) is 6.55. The molecule has 0 unspecified atom stereocenters. The third-order valence-corrected chi connectivity index (χ3v) is 1.21. The summed E-state index contributed by atoms with van der Waals surface area (Å²) in [6, 6.07) is 2.87.